The van der Waals surface area contributed by atoms with Crippen LogP contribution < -0.4 is 4.90 Å². The molecular weight excluding hydrogens is 308 g/mol. The summed E-state index contributed by atoms with van der Waals surface area (Å²) in [6.45, 7) is 2.14. The maximum Gasteiger partial charge on any atom is 0.327 e. The van der Waals surface area contributed by atoms with E-state index in [0.717, 1.165) is 31.7 Å². The second kappa shape index (κ2) is 6.05. The van der Waals surface area contributed by atoms with Gasteiger partial charge in [-0.05, 0) is 25.0 Å². The third-order valence-corrected chi connectivity index (χ3v) is 5.37. The standard InChI is InChI=1S/C17H22N4O3/c1-24-13-10-14-16(22)21(17(23)20(14)11-13)12-5-8-19(9-6-12)15-4-2-3-7-18-15/h2-4,7,12-14H,5-6,8-11H2,1H3/t13-,14-/m1/s1. The molecule has 2 atom stereocenters. The van der Waals surface area contributed by atoms with E-state index in [2.05, 4.69) is 9.88 Å². The quantitative estimate of drug-likeness (QED) is 0.777. The molecule has 4 heterocycles. The summed E-state index contributed by atoms with van der Waals surface area (Å²) in [5.74, 6) is 0.911. The minimum atomic E-state index is -0.323. The van der Waals surface area contributed by atoms with Crippen molar-refractivity contribution < 1.29 is 14.3 Å². The van der Waals surface area contributed by atoms with Crippen molar-refractivity contribution in [1.29, 1.82) is 0 Å². The molecule has 0 radical (unpaired) electrons. The molecule has 3 aliphatic rings. The molecule has 0 saturated carbocycles. The molecule has 3 fully saturated rings. The number of aromatic nitrogens is 1. The molecule has 7 nitrogen and oxygen atoms in total. The fourth-order valence-electron chi connectivity index (χ4n) is 4.04. The fourth-order valence-corrected chi connectivity index (χ4v) is 4.04. The molecule has 128 valence electrons. The van der Waals surface area contributed by atoms with Crippen LogP contribution in [0, 0.1) is 0 Å². The number of carbonyl (C=O) groups is 2. The van der Waals surface area contributed by atoms with Crippen LogP contribution in [0.5, 0.6) is 0 Å². The minimum Gasteiger partial charge on any atom is -0.380 e. The zero-order valence-corrected chi connectivity index (χ0v) is 13.8. The SMILES string of the molecule is CO[C@@H]1C[C@@H]2C(=O)N(C3CCN(c4ccccn4)CC3)C(=O)N2C1. The van der Waals surface area contributed by atoms with Crippen LogP contribution in [-0.2, 0) is 9.53 Å². The van der Waals surface area contributed by atoms with Crippen molar-refractivity contribution >= 4 is 17.8 Å². The van der Waals surface area contributed by atoms with Crippen LogP contribution in [0.15, 0.2) is 24.4 Å². The molecule has 0 N–H and O–H groups in total. The Morgan fingerprint density at radius 2 is 2.00 bits per heavy atom. The van der Waals surface area contributed by atoms with Crippen LogP contribution in [0.1, 0.15) is 19.3 Å². The summed E-state index contributed by atoms with van der Waals surface area (Å²) in [5, 5.41) is 0. The van der Waals surface area contributed by atoms with Gasteiger partial charge in [-0.25, -0.2) is 9.78 Å². The molecule has 3 aliphatic heterocycles. The summed E-state index contributed by atoms with van der Waals surface area (Å²) in [6.07, 6.45) is 3.97. The number of nitrogens with zero attached hydrogens (tertiary/aromatic N) is 4. The fraction of sp³-hybridized carbons (Fsp3) is 0.588. The highest BCUT2D eigenvalue weighted by Crippen LogP contribution is 2.32. The molecular formula is C17H22N4O3. The van der Waals surface area contributed by atoms with Gasteiger partial charge in [-0.2, -0.15) is 0 Å². The predicted molar refractivity (Wildman–Crippen MR) is 87.6 cm³/mol. The molecule has 3 amide bonds. The average molecular weight is 330 g/mol. The third-order valence-electron chi connectivity index (χ3n) is 5.37. The number of imide groups is 1. The monoisotopic (exact) mass is 330 g/mol. The Balaban J connectivity index is 1.42. The van der Waals surface area contributed by atoms with Gasteiger partial charge in [0.1, 0.15) is 11.9 Å². The van der Waals surface area contributed by atoms with Gasteiger partial charge in [-0.15, -0.1) is 0 Å². The highest BCUT2D eigenvalue weighted by Gasteiger charge is 2.52. The van der Waals surface area contributed by atoms with E-state index in [1.165, 1.54) is 4.90 Å². The highest BCUT2D eigenvalue weighted by molar-refractivity contribution is 6.05. The third kappa shape index (κ3) is 2.43. The number of piperidine rings is 1. The van der Waals surface area contributed by atoms with E-state index in [9.17, 15) is 9.59 Å². The summed E-state index contributed by atoms with van der Waals surface area (Å²) in [5.41, 5.74) is 0. The Bertz CT molecular complexity index is 606. The zero-order chi connectivity index (χ0) is 16.7. The Hall–Kier alpha value is -2.15. The van der Waals surface area contributed by atoms with Crippen LogP contribution in [0.3, 0.4) is 0 Å². The minimum absolute atomic E-state index is 0.00319. The first-order chi connectivity index (χ1) is 11.7. The van der Waals surface area contributed by atoms with Crippen molar-refractivity contribution in [2.75, 3.05) is 31.6 Å². The molecule has 24 heavy (non-hydrogen) atoms. The zero-order valence-electron chi connectivity index (χ0n) is 13.8. The number of hydrogen-bond acceptors (Lipinski definition) is 5. The number of ether oxygens (including phenoxy) is 1. The van der Waals surface area contributed by atoms with Crippen LogP contribution in [-0.4, -0.2) is 71.7 Å². The van der Waals surface area contributed by atoms with E-state index in [0.29, 0.717) is 13.0 Å². The second-order valence-electron chi connectivity index (χ2n) is 6.66. The number of amides is 3. The van der Waals surface area contributed by atoms with Gasteiger partial charge in [0.05, 0.1) is 6.10 Å². The smallest absolute Gasteiger partial charge is 0.327 e. The van der Waals surface area contributed by atoms with Crippen LogP contribution in [0.4, 0.5) is 10.6 Å². The second-order valence-corrected chi connectivity index (χ2v) is 6.66. The van der Waals surface area contributed by atoms with E-state index in [4.69, 9.17) is 4.74 Å². The average Bonchev–Trinajstić information content (AvgIpc) is 3.16. The lowest BCUT2D eigenvalue weighted by Crippen LogP contribution is -2.49. The van der Waals surface area contributed by atoms with Crippen molar-refractivity contribution in [2.24, 2.45) is 0 Å². The maximum absolute atomic E-state index is 12.7. The van der Waals surface area contributed by atoms with E-state index in [1.807, 2.05) is 18.2 Å². The summed E-state index contributed by atoms with van der Waals surface area (Å²) in [7, 11) is 1.63. The highest BCUT2D eigenvalue weighted by atomic mass is 16.5. The van der Waals surface area contributed by atoms with E-state index in [1.54, 1.807) is 18.2 Å². The number of methoxy groups -OCH3 is 1. The Morgan fingerprint density at radius 1 is 1.21 bits per heavy atom. The number of fused-ring (bicyclic) bond motifs is 1. The van der Waals surface area contributed by atoms with Gasteiger partial charge in [0.2, 0.25) is 0 Å². The van der Waals surface area contributed by atoms with Crippen molar-refractivity contribution in [3.63, 3.8) is 0 Å². The Morgan fingerprint density at radius 3 is 2.62 bits per heavy atom. The number of rotatable bonds is 3. The summed E-state index contributed by atoms with van der Waals surface area (Å²) in [4.78, 5) is 35.1. The van der Waals surface area contributed by atoms with Gasteiger partial charge >= 0.3 is 6.03 Å². The number of anilines is 1. The molecule has 0 aliphatic carbocycles. The van der Waals surface area contributed by atoms with E-state index >= 15 is 0 Å². The van der Waals surface area contributed by atoms with Gasteiger partial charge in [0.25, 0.3) is 5.91 Å². The molecule has 3 saturated heterocycles. The lowest BCUT2D eigenvalue weighted by atomic mass is 10.0. The largest absolute Gasteiger partial charge is 0.380 e. The van der Waals surface area contributed by atoms with Crippen LogP contribution in [0.2, 0.25) is 0 Å². The molecule has 1 aromatic heterocycles. The molecule has 7 heteroatoms. The lowest BCUT2D eigenvalue weighted by molar-refractivity contribution is -0.130. The van der Waals surface area contributed by atoms with Crippen molar-refractivity contribution in [1.82, 2.24) is 14.8 Å². The summed E-state index contributed by atoms with van der Waals surface area (Å²) >= 11 is 0. The first-order valence-corrected chi connectivity index (χ1v) is 8.51. The van der Waals surface area contributed by atoms with Crippen LogP contribution in [0.25, 0.3) is 0 Å². The van der Waals surface area contributed by atoms with Crippen molar-refractivity contribution in [3.8, 4) is 0 Å². The van der Waals surface area contributed by atoms with Gasteiger partial charge in [0.15, 0.2) is 0 Å². The Kier molecular flexibility index (Phi) is 3.88. The number of urea groups is 1. The molecule has 0 aromatic carbocycles. The van der Waals surface area contributed by atoms with Gasteiger partial charge in [-0.3, -0.25) is 9.69 Å². The topological polar surface area (TPSA) is 66.0 Å². The number of pyridine rings is 1. The molecule has 0 spiro atoms. The van der Waals surface area contributed by atoms with Gasteiger partial charge in [-0.1, -0.05) is 6.07 Å². The van der Waals surface area contributed by atoms with Crippen LogP contribution >= 0.6 is 0 Å². The number of hydrogen-bond donors (Lipinski definition) is 0. The van der Waals surface area contributed by atoms with Gasteiger partial charge in [0, 0.05) is 45.4 Å². The van der Waals surface area contributed by atoms with Crippen molar-refractivity contribution in [3.05, 3.63) is 24.4 Å². The maximum atomic E-state index is 12.7. The van der Waals surface area contributed by atoms with E-state index < -0.39 is 0 Å². The summed E-state index contributed by atoms with van der Waals surface area (Å²) in [6, 6.07) is 5.41. The van der Waals surface area contributed by atoms with E-state index in [-0.39, 0.29) is 30.1 Å². The number of carbonyl (C=O) groups excluding carboxylic acids is 2. The lowest BCUT2D eigenvalue weighted by Gasteiger charge is -2.36. The molecule has 0 bridgehead atoms. The molecule has 0 unspecified atom stereocenters. The molecule has 1 aromatic rings. The predicted octanol–water partition coefficient (Wildman–Crippen LogP) is 1.10. The first-order valence-electron chi connectivity index (χ1n) is 8.51. The molecule has 4 rings (SSSR count). The summed E-state index contributed by atoms with van der Waals surface area (Å²) < 4.78 is 5.31. The normalized spacial score (nSPS) is 28.0. The Labute approximate surface area is 141 Å². The van der Waals surface area contributed by atoms with Gasteiger partial charge < -0.3 is 14.5 Å². The first kappa shape index (κ1) is 15.4. The van der Waals surface area contributed by atoms with Crippen molar-refractivity contribution in [2.45, 2.75) is 37.5 Å².